The molecule has 0 aliphatic carbocycles. The van der Waals surface area contributed by atoms with Gasteiger partial charge >= 0.3 is 5.97 Å². The zero-order valence-electron chi connectivity index (χ0n) is 10.4. The van der Waals surface area contributed by atoms with E-state index < -0.39 is 11.8 Å². The first-order valence-corrected chi connectivity index (χ1v) is 5.34. The molecule has 0 saturated carbocycles. The number of carbonyl (C=O) groups is 2. The minimum atomic E-state index is -0.870. The molecule has 0 spiro atoms. The molecule has 0 bridgehead atoms. The highest BCUT2D eigenvalue weighted by molar-refractivity contribution is 6.43. The third kappa shape index (κ3) is 1.84. The van der Waals surface area contributed by atoms with Crippen molar-refractivity contribution < 1.29 is 19.1 Å². The van der Waals surface area contributed by atoms with E-state index in [1.807, 2.05) is 13.1 Å². The van der Waals surface area contributed by atoms with Crippen molar-refractivity contribution in [3.05, 3.63) is 30.0 Å². The van der Waals surface area contributed by atoms with Gasteiger partial charge in [-0.1, -0.05) is 0 Å². The third-order valence-electron chi connectivity index (χ3n) is 2.81. The summed E-state index contributed by atoms with van der Waals surface area (Å²) < 4.78 is 11.4. The van der Waals surface area contributed by atoms with Gasteiger partial charge in [0.1, 0.15) is 5.75 Å². The predicted molar refractivity (Wildman–Crippen MR) is 65.8 cm³/mol. The van der Waals surface area contributed by atoms with Crippen molar-refractivity contribution in [1.82, 2.24) is 4.57 Å². The van der Waals surface area contributed by atoms with Crippen LogP contribution in [-0.2, 0) is 16.6 Å². The quantitative estimate of drug-likeness (QED) is 0.469. The second-order valence-corrected chi connectivity index (χ2v) is 3.86. The normalized spacial score (nSPS) is 10.4. The van der Waals surface area contributed by atoms with Gasteiger partial charge in [0.2, 0.25) is 0 Å². The fraction of sp³-hybridized carbons (Fsp3) is 0.231. The molecule has 2 rings (SSSR count). The summed E-state index contributed by atoms with van der Waals surface area (Å²) in [5.74, 6) is -0.894. The Kier molecular flexibility index (Phi) is 3.06. The maximum Gasteiger partial charge on any atom is 0.379 e. The van der Waals surface area contributed by atoms with Crippen LogP contribution in [0.15, 0.2) is 24.4 Å². The van der Waals surface area contributed by atoms with Crippen molar-refractivity contribution in [3.63, 3.8) is 0 Å². The number of aryl methyl sites for hydroxylation is 1. The molecule has 2 aromatic rings. The zero-order valence-corrected chi connectivity index (χ0v) is 10.4. The molecule has 5 nitrogen and oxygen atoms in total. The number of aromatic nitrogens is 1. The summed E-state index contributed by atoms with van der Waals surface area (Å²) in [5, 5.41) is 0.673. The number of methoxy groups -OCH3 is 2. The number of carbonyl (C=O) groups excluding carboxylic acids is 2. The van der Waals surface area contributed by atoms with Crippen molar-refractivity contribution in [2.45, 2.75) is 0 Å². The number of benzene rings is 1. The molecule has 0 aliphatic rings. The summed E-state index contributed by atoms with van der Waals surface area (Å²) in [4.78, 5) is 23.2. The number of Topliss-reactive ketones (excluding diaryl/α,β-unsaturated/α-hetero) is 1. The lowest BCUT2D eigenvalue weighted by Gasteiger charge is -2.01. The highest BCUT2D eigenvalue weighted by Gasteiger charge is 2.21. The molecule has 0 saturated heterocycles. The van der Waals surface area contributed by atoms with Crippen LogP contribution in [0.2, 0.25) is 0 Å². The van der Waals surface area contributed by atoms with Crippen molar-refractivity contribution in [2.24, 2.45) is 7.05 Å². The van der Waals surface area contributed by atoms with Crippen LogP contribution in [-0.4, -0.2) is 30.5 Å². The smallest absolute Gasteiger partial charge is 0.379 e. The Labute approximate surface area is 104 Å². The van der Waals surface area contributed by atoms with Gasteiger partial charge in [0.15, 0.2) is 0 Å². The topological polar surface area (TPSA) is 57.5 Å². The summed E-state index contributed by atoms with van der Waals surface area (Å²) in [6, 6.07) is 5.36. The van der Waals surface area contributed by atoms with E-state index in [0.717, 1.165) is 5.52 Å². The van der Waals surface area contributed by atoms with E-state index in [2.05, 4.69) is 4.74 Å². The molecular weight excluding hydrogens is 234 g/mol. The molecule has 1 aromatic carbocycles. The summed E-state index contributed by atoms with van der Waals surface area (Å²) in [6.07, 6.45) is 1.61. The second-order valence-electron chi connectivity index (χ2n) is 3.86. The number of hydrogen-bond acceptors (Lipinski definition) is 4. The maximum atomic E-state index is 11.9. The molecule has 0 amide bonds. The lowest BCUT2D eigenvalue weighted by Crippen LogP contribution is -2.15. The van der Waals surface area contributed by atoms with Gasteiger partial charge in [-0.15, -0.1) is 0 Å². The van der Waals surface area contributed by atoms with Gasteiger partial charge in [-0.05, 0) is 18.2 Å². The summed E-state index contributed by atoms with van der Waals surface area (Å²) in [5.41, 5.74) is 1.17. The molecule has 0 fully saturated rings. The first-order chi connectivity index (χ1) is 8.58. The van der Waals surface area contributed by atoms with Gasteiger partial charge in [0.25, 0.3) is 5.78 Å². The fourth-order valence-corrected chi connectivity index (χ4v) is 1.88. The van der Waals surface area contributed by atoms with E-state index in [4.69, 9.17) is 4.74 Å². The highest BCUT2D eigenvalue weighted by atomic mass is 16.5. The van der Waals surface area contributed by atoms with Gasteiger partial charge in [0.05, 0.1) is 19.8 Å². The average molecular weight is 247 g/mol. The number of rotatable bonds is 3. The molecule has 5 heteroatoms. The number of fused-ring (bicyclic) bond motifs is 1. The maximum absolute atomic E-state index is 11.9. The third-order valence-corrected chi connectivity index (χ3v) is 2.81. The van der Waals surface area contributed by atoms with Crippen molar-refractivity contribution in [1.29, 1.82) is 0 Å². The summed E-state index contributed by atoms with van der Waals surface area (Å²) >= 11 is 0. The molecule has 0 unspecified atom stereocenters. The minimum Gasteiger partial charge on any atom is -0.497 e. The largest absolute Gasteiger partial charge is 0.497 e. The second kappa shape index (κ2) is 4.52. The van der Waals surface area contributed by atoms with Gasteiger partial charge in [-0.2, -0.15) is 0 Å². The Bertz CT molecular complexity index is 627. The SMILES string of the molecule is COC(=O)C(=O)c1cn(C)c2ccc(OC)cc12. The van der Waals surface area contributed by atoms with Gasteiger partial charge in [-0.3, -0.25) is 4.79 Å². The summed E-state index contributed by atoms with van der Waals surface area (Å²) in [7, 11) is 4.54. The molecule has 0 radical (unpaired) electrons. The van der Waals surface area contributed by atoms with Gasteiger partial charge in [-0.25, -0.2) is 4.79 Å². The molecule has 0 N–H and O–H groups in total. The van der Waals surface area contributed by atoms with E-state index in [1.165, 1.54) is 7.11 Å². The Morgan fingerprint density at radius 2 is 1.94 bits per heavy atom. The Morgan fingerprint density at radius 3 is 2.56 bits per heavy atom. The van der Waals surface area contributed by atoms with E-state index in [0.29, 0.717) is 16.7 Å². The molecule has 1 aromatic heterocycles. The molecular formula is C13H13NO4. The molecule has 0 atom stereocenters. The minimum absolute atomic E-state index is 0.318. The van der Waals surface area contributed by atoms with Crippen LogP contribution in [0.25, 0.3) is 10.9 Å². The molecule has 18 heavy (non-hydrogen) atoms. The molecule has 94 valence electrons. The zero-order chi connectivity index (χ0) is 13.3. The number of hydrogen-bond donors (Lipinski definition) is 0. The van der Waals surface area contributed by atoms with Crippen molar-refractivity contribution in [3.8, 4) is 5.75 Å². The number of ketones is 1. The molecule has 1 heterocycles. The lowest BCUT2D eigenvalue weighted by molar-refractivity contribution is -0.135. The Morgan fingerprint density at radius 1 is 1.22 bits per heavy atom. The lowest BCUT2D eigenvalue weighted by atomic mass is 10.1. The predicted octanol–water partition coefficient (Wildman–Crippen LogP) is 1.54. The van der Waals surface area contributed by atoms with E-state index in [9.17, 15) is 9.59 Å². The van der Waals surface area contributed by atoms with Crippen molar-refractivity contribution >= 4 is 22.7 Å². The van der Waals surface area contributed by atoms with Crippen LogP contribution in [0, 0.1) is 0 Å². The van der Waals surface area contributed by atoms with Crippen LogP contribution in [0.1, 0.15) is 10.4 Å². The summed E-state index contributed by atoms with van der Waals surface area (Å²) in [6.45, 7) is 0. The number of ether oxygens (including phenoxy) is 2. The van der Waals surface area contributed by atoms with Crippen LogP contribution in [0.5, 0.6) is 5.75 Å². The Hall–Kier alpha value is -2.30. The van der Waals surface area contributed by atoms with Crippen LogP contribution >= 0.6 is 0 Å². The first-order valence-electron chi connectivity index (χ1n) is 5.34. The monoisotopic (exact) mass is 247 g/mol. The fourth-order valence-electron chi connectivity index (χ4n) is 1.88. The van der Waals surface area contributed by atoms with Crippen LogP contribution in [0.3, 0.4) is 0 Å². The van der Waals surface area contributed by atoms with E-state index >= 15 is 0 Å². The van der Waals surface area contributed by atoms with Crippen molar-refractivity contribution in [2.75, 3.05) is 14.2 Å². The van der Waals surface area contributed by atoms with E-state index in [1.54, 1.807) is 30.0 Å². The highest BCUT2D eigenvalue weighted by Crippen LogP contribution is 2.25. The average Bonchev–Trinajstić information content (AvgIpc) is 2.73. The van der Waals surface area contributed by atoms with Crippen LogP contribution < -0.4 is 4.74 Å². The first kappa shape index (κ1) is 12.2. The van der Waals surface area contributed by atoms with Gasteiger partial charge in [0, 0.05) is 24.1 Å². The van der Waals surface area contributed by atoms with E-state index in [-0.39, 0.29) is 0 Å². The Balaban J connectivity index is 2.63. The number of nitrogens with zero attached hydrogens (tertiary/aromatic N) is 1. The van der Waals surface area contributed by atoms with Crippen LogP contribution in [0.4, 0.5) is 0 Å². The van der Waals surface area contributed by atoms with Gasteiger partial charge < -0.3 is 14.0 Å². The molecule has 0 aliphatic heterocycles. The number of esters is 1. The standard InChI is InChI=1S/C13H13NO4/c1-14-7-10(12(15)13(16)18-3)9-6-8(17-2)4-5-11(9)14/h4-7H,1-3H3.